The Bertz CT molecular complexity index is 1070. The molecule has 4 rings (SSSR count). The summed E-state index contributed by atoms with van der Waals surface area (Å²) in [4.78, 5) is 24.0. The lowest BCUT2D eigenvalue weighted by Gasteiger charge is -2.07. The molecule has 27 heavy (non-hydrogen) atoms. The Kier molecular flexibility index (Phi) is 4.41. The Balaban J connectivity index is 1.44. The van der Waals surface area contributed by atoms with Gasteiger partial charge in [0.25, 0.3) is 0 Å². The summed E-state index contributed by atoms with van der Waals surface area (Å²) in [6.45, 7) is 0. The van der Waals surface area contributed by atoms with Gasteiger partial charge in [-0.25, -0.2) is 0 Å². The van der Waals surface area contributed by atoms with Crippen LogP contribution in [0, 0.1) is 0 Å². The van der Waals surface area contributed by atoms with Gasteiger partial charge in [0, 0.05) is 22.3 Å². The number of fused-ring (bicyclic) bond motifs is 1. The number of furan rings is 1. The first-order valence-corrected chi connectivity index (χ1v) is 8.45. The molecule has 1 heterocycles. The van der Waals surface area contributed by atoms with Crippen molar-refractivity contribution in [1.82, 2.24) is 0 Å². The van der Waals surface area contributed by atoms with Crippen molar-refractivity contribution in [1.29, 1.82) is 0 Å². The second kappa shape index (κ2) is 7.17. The van der Waals surface area contributed by atoms with Gasteiger partial charge in [0.1, 0.15) is 11.3 Å². The van der Waals surface area contributed by atoms with Crippen molar-refractivity contribution in [2.45, 2.75) is 0 Å². The zero-order chi connectivity index (χ0) is 18.6. The van der Waals surface area contributed by atoms with Crippen molar-refractivity contribution in [3.8, 4) is 11.3 Å². The van der Waals surface area contributed by atoms with Crippen LogP contribution in [-0.2, 0) is 9.59 Å². The van der Waals surface area contributed by atoms with Crippen molar-refractivity contribution in [3.63, 3.8) is 0 Å². The van der Waals surface area contributed by atoms with Gasteiger partial charge < -0.3 is 15.1 Å². The number of nitrogens with one attached hydrogen (secondary N) is 2. The van der Waals surface area contributed by atoms with Crippen molar-refractivity contribution < 1.29 is 14.0 Å². The monoisotopic (exact) mass is 356 g/mol. The van der Waals surface area contributed by atoms with E-state index in [1.54, 1.807) is 36.4 Å². The maximum atomic E-state index is 12.0. The van der Waals surface area contributed by atoms with Gasteiger partial charge in [-0.15, -0.1) is 0 Å². The molecule has 5 nitrogen and oxygen atoms in total. The normalized spacial score (nSPS) is 10.5. The van der Waals surface area contributed by atoms with Crippen LogP contribution in [0.2, 0.25) is 0 Å². The van der Waals surface area contributed by atoms with Gasteiger partial charge in [-0.2, -0.15) is 0 Å². The first kappa shape index (κ1) is 16.6. The lowest BCUT2D eigenvalue weighted by molar-refractivity contribution is -0.132. The average molecular weight is 356 g/mol. The Morgan fingerprint density at radius 3 is 1.93 bits per heavy atom. The molecule has 2 N–H and O–H groups in total. The highest BCUT2D eigenvalue weighted by atomic mass is 16.3. The molecule has 0 spiro atoms. The lowest BCUT2D eigenvalue weighted by atomic mass is 10.1. The molecule has 0 aliphatic rings. The van der Waals surface area contributed by atoms with Crippen LogP contribution in [0.1, 0.15) is 0 Å². The van der Waals surface area contributed by atoms with Gasteiger partial charge in [-0.05, 0) is 48.5 Å². The van der Waals surface area contributed by atoms with Crippen LogP contribution in [-0.4, -0.2) is 11.8 Å². The minimum atomic E-state index is -0.727. The first-order chi connectivity index (χ1) is 13.2. The third-order valence-corrected chi connectivity index (χ3v) is 4.09. The summed E-state index contributed by atoms with van der Waals surface area (Å²) in [7, 11) is 0. The van der Waals surface area contributed by atoms with E-state index in [4.69, 9.17) is 4.42 Å². The molecule has 2 amide bonds. The zero-order valence-corrected chi connectivity index (χ0v) is 14.3. The fourth-order valence-electron chi connectivity index (χ4n) is 2.74. The highest BCUT2D eigenvalue weighted by Crippen LogP contribution is 2.28. The predicted octanol–water partition coefficient (Wildman–Crippen LogP) is 4.68. The standard InChI is InChI=1S/C22H16N2O3/c25-21(23-17-7-2-1-3-8-17)22(26)24-18-12-10-15(11-13-18)20-14-16-6-4-5-9-19(16)27-20/h1-14H,(H,23,25)(H,24,26). The van der Waals surface area contributed by atoms with E-state index >= 15 is 0 Å². The van der Waals surface area contributed by atoms with E-state index in [2.05, 4.69) is 10.6 Å². The highest BCUT2D eigenvalue weighted by molar-refractivity contribution is 6.43. The van der Waals surface area contributed by atoms with Crippen molar-refractivity contribution >= 4 is 34.2 Å². The maximum Gasteiger partial charge on any atom is 0.314 e. The number of benzene rings is 3. The molecule has 0 atom stereocenters. The molecular weight excluding hydrogens is 340 g/mol. The van der Waals surface area contributed by atoms with Gasteiger partial charge in [0.15, 0.2) is 0 Å². The summed E-state index contributed by atoms with van der Waals surface area (Å²) in [5.74, 6) is -0.700. The molecule has 1 aromatic heterocycles. The fraction of sp³-hybridized carbons (Fsp3) is 0. The maximum absolute atomic E-state index is 12.0. The second-order valence-electron chi connectivity index (χ2n) is 6.00. The van der Waals surface area contributed by atoms with E-state index in [-0.39, 0.29) is 0 Å². The van der Waals surface area contributed by atoms with Crippen molar-refractivity contribution in [2.24, 2.45) is 0 Å². The Morgan fingerprint density at radius 1 is 0.667 bits per heavy atom. The molecule has 0 bridgehead atoms. The smallest absolute Gasteiger partial charge is 0.314 e. The van der Waals surface area contributed by atoms with Crippen LogP contribution >= 0.6 is 0 Å². The Labute approximate surface area is 155 Å². The zero-order valence-electron chi connectivity index (χ0n) is 14.3. The summed E-state index contributed by atoms with van der Waals surface area (Å²) >= 11 is 0. The third kappa shape index (κ3) is 3.72. The van der Waals surface area contributed by atoms with E-state index in [1.807, 2.05) is 48.5 Å². The van der Waals surface area contributed by atoms with Crippen LogP contribution in [0.5, 0.6) is 0 Å². The van der Waals surface area contributed by atoms with Crippen LogP contribution < -0.4 is 10.6 Å². The number of hydrogen-bond acceptors (Lipinski definition) is 3. The summed E-state index contributed by atoms with van der Waals surface area (Å²) in [5, 5.41) is 6.16. The number of carbonyl (C=O) groups excluding carboxylic acids is 2. The molecule has 5 heteroatoms. The molecule has 4 aromatic rings. The fourth-order valence-corrected chi connectivity index (χ4v) is 2.74. The summed E-state index contributed by atoms with van der Waals surface area (Å²) in [6.07, 6.45) is 0. The topological polar surface area (TPSA) is 71.3 Å². The van der Waals surface area contributed by atoms with Crippen LogP contribution in [0.25, 0.3) is 22.3 Å². The summed E-state index contributed by atoms with van der Waals surface area (Å²) in [6, 6.07) is 25.7. The predicted molar refractivity (Wildman–Crippen MR) is 105 cm³/mol. The molecule has 0 saturated heterocycles. The third-order valence-electron chi connectivity index (χ3n) is 4.09. The number of amides is 2. The van der Waals surface area contributed by atoms with Gasteiger partial charge in [0.2, 0.25) is 0 Å². The SMILES string of the molecule is O=C(Nc1ccccc1)C(=O)Nc1ccc(-c2cc3ccccc3o2)cc1. The van der Waals surface area contributed by atoms with Crippen molar-refractivity contribution in [2.75, 3.05) is 10.6 Å². The molecule has 0 fully saturated rings. The molecule has 0 radical (unpaired) electrons. The lowest BCUT2D eigenvalue weighted by Crippen LogP contribution is -2.28. The van der Waals surface area contributed by atoms with Gasteiger partial charge in [-0.1, -0.05) is 36.4 Å². The Hall–Kier alpha value is -3.86. The molecule has 0 saturated carbocycles. The number of hydrogen-bond donors (Lipinski definition) is 2. The molecule has 132 valence electrons. The minimum Gasteiger partial charge on any atom is -0.456 e. The number of para-hydroxylation sites is 2. The average Bonchev–Trinajstić information content (AvgIpc) is 3.13. The summed E-state index contributed by atoms with van der Waals surface area (Å²) < 4.78 is 5.83. The molecule has 0 unspecified atom stereocenters. The van der Waals surface area contributed by atoms with E-state index in [9.17, 15) is 9.59 Å². The van der Waals surface area contributed by atoms with E-state index in [0.29, 0.717) is 11.4 Å². The molecule has 0 aliphatic carbocycles. The molecular formula is C22H16N2O3. The number of rotatable bonds is 3. The van der Waals surface area contributed by atoms with Crippen molar-refractivity contribution in [3.05, 3.63) is 84.9 Å². The quantitative estimate of drug-likeness (QED) is 0.524. The Morgan fingerprint density at radius 2 is 1.26 bits per heavy atom. The van der Waals surface area contributed by atoms with Gasteiger partial charge >= 0.3 is 11.8 Å². The van der Waals surface area contributed by atoms with E-state index < -0.39 is 11.8 Å². The largest absolute Gasteiger partial charge is 0.456 e. The second-order valence-corrected chi connectivity index (χ2v) is 6.00. The van der Waals surface area contributed by atoms with Crippen LogP contribution in [0.3, 0.4) is 0 Å². The summed E-state index contributed by atoms with van der Waals surface area (Å²) in [5.41, 5.74) is 2.81. The highest BCUT2D eigenvalue weighted by Gasteiger charge is 2.14. The minimum absolute atomic E-state index is 0.531. The van der Waals surface area contributed by atoms with Gasteiger partial charge in [0.05, 0.1) is 0 Å². The number of anilines is 2. The molecule has 3 aromatic carbocycles. The van der Waals surface area contributed by atoms with E-state index in [0.717, 1.165) is 22.3 Å². The van der Waals surface area contributed by atoms with Gasteiger partial charge in [-0.3, -0.25) is 9.59 Å². The molecule has 0 aliphatic heterocycles. The van der Waals surface area contributed by atoms with Crippen LogP contribution in [0.4, 0.5) is 11.4 Å². The number of carbonyl (C=O) groups is 2. The first-order valence-electron chi connectivity index (χ1n) is 8.45. The van der Waals surface area contributed by atoms with E-state index in [1.165, 1.54) is 0 Å². The van der Waals surface area contributed by atoms with Crippen LogP contribution in [0.15, 0.2) is 89.3 Å².